The number of aliphatic hydroxyl groups is 11. The molecule has 1 amide bonds. The molecule has 3 heterocycles. The van der Waals surface area contributed by atoms with Gasteiger partial charge < -0.3 is 89.9 Å². The lowest BCUT2D eigenvalue weighted by atomic mass is 9.96. The van der Waals surface area contributed by atoms with Crippen LogP contribution in [0.5, 0.6) is 0 Å². The number of carbonyl (C=O) groups is 1. The van der Waals surface area contributed by atoms with Gasteiger partial charge in [-0.05, 0) is 70.6 Å². The van der Waals surface area contributed by atoms with Gasteiger partial charge in [0.25, 0.3) is 0 Å². The highest BCUT2D eigenvalue weighted by molar-refractivity contribution is 5.76. The number of hydrogen-bond donors (Lipinski definition) is 12. The van der Waals surface area contributed by atoms with Crippen LogP contribution in [0.15, 0.2) is 60.8 Å². The number of hydrogen-bond acceptors (Lipinski definition) is 18. The molecule has 500 valence electrons. The molecule has 3 saturated heterocycles. The van der Waals surface area contributed by atoms with Crippen molar-refractivity contribution in [3.8, 4) is 0 Å². The second-order valence-corrected chi connectivity index (χ2v) is 23.9. The molecule has 0 bridgehead atoms. The van der Waals surface area contributed by atoms with E-state index in [1.165, 1.54) is 128 Å². The van der Waals surface area contributed by atoms with E-state index in [4.69, 9.17) is 28.4 Å². The summed E-state index contributed by atoms with van der Waals surface area (Å²) in [7, 11) is 0. The second kappa shape index (κ2) is 49.2. The average Bonchev–Trinajstić information content (AvgIpc) is 1.83. The van der Waals surface area contributed by atoms with Crippen LogP contribution in [0.2, 0.25) is 0 Å². The maximum atomic E-state index is 13.4. The third kappa shape index (κ3) is 31.5. The van der Waals surface area contributed by atoms with E-state index in [9.17, 15) is 61.0 Å². The fourth-order valence-electron chi connectivity index (χ4n) is 11.0. The van der Waals surface area contributed by atoms with Gasteiger partial charge in [0.15, 0.2) is 18.9 Å². The van der Waals surface area contributed by atoms with Crippen molar-refractivity contribution in [1.29, 1.82) is 0 Å². The van der Waals surface area contributed by atoms with Crippen LogP contribution in [-0.2, 0) is 33.2 Å². The van der Waals surface area contributed by atoms with E-state index in [0.29, 0.717) is 12.8 Å². The molecule has 3 rings (SSSR count). The van der Waals surface area contributed by atoms with Crippen molar-refractivity contribution in [2.45, 2.75) is 330 Å². The van der Waals surface area contributed by atoms with Crippen molar-refractivity contribution in [2.75, 3.05) is 26.4 Å². The fraction of sp³-hybridized carbons (Fsp3) is 0.836. The van der Waals surface area contributed by atoms with Crippen molar-refractivity contribution in [2.24, 2.45) is 0 Å². The molecule has 0 spiro atoms. The summed E-state index contributed by atoms with van der Waals surface area (Å²) < 4.78 is 34.3. The van der Waals surface area contributed by atoms with E-state index in [1.807, 2.05) is 6.08 Å². The number of amides is 1. The summed E-state index contributed by atoms with van der Waals surface area (Å²) in [6, 6.07) is -0.997. The molecule has 19 nitrogen and oxygen atoms in total. The number of allylic oxidation sites excluding steroid dienone is 9. The molecule has 86 heavy (non-hydrogen) atoms. The fourth-order valence-corrected chi connectivity index (χ4v) is 11.0. The molecular weight excluding hydrogens is 1110 g/mol. The SMILES string of the molecule is CCCCCCC/C=C\C/C=C\C/C=C\CCCCCCCCCCC(=O)NC(COC1OC(CO)C(OC2OC(CO)C(OC3OC(CO)C(O)C(O)C3O)C(O)C2O)C(O)C1O)C(O)/C=C/CC/C=C/CCCCCCCCCCCCCC. The van der Waals surface area contributed by atoms with Crippen molar-refractivity contribution in [1.82, 2.24) is 5.32 Å². The van der Waals surface area contributed by atoms with Crippen molar-refractivity contribution in [3.05, 3.63) is 60.8 Å². The van der Waals surface area contributed by atoms with Crippen LogP contribution in [-0.4, -0.2) is 193 Å². The monoisotopic (exact) mass is 1230 g/mol. The van der Waals surface area contributed by atoms with Gasteiger partial charge in [-0.25, -0.2) is 0 Å². The molecule has 12 N–H and O–H groups in total. The van der Waals surface area contributed by atoms with Crippen LogP contribution in [0, 0.1) is 0 Å². The summed E-state index contributed by atoms with van der Waals surface area (Å²) in [5, 5.41) is 120. The zero-order valence-electron chi connectivity index (χ0n) is 52.5. The highest BCUT2D eigenvalue weighted by Crippen LogP contribution is 2.33. The van der Waals surface area contributed by atoms with Gasteiger partial charge in [-0.3, -0.25) is 4.79 Å². The first kappa shape index (κ1) is 77.7. The lowest BCUT2D eigenvalue weighted by Gasteiger charge is -2.48. The molecule has 0 aromatic heterocycles. The topological polar surface area (TPSA) is 307 Å². The first-order chi connectivity index (χ1) is 41.8. The molecule has 0 aliphatic carbocycles. The molecule has 3 aliphatic heterocycles. The summed E-state index contributed by atoms with van der Waals surface area (Å²) in [6.07, 6.45) is 31.9. The molecule has 0 saturated carbocycles. The third-order valence-corrected chi connectivity index (χ3v) is 16.5. The Morgan fingerprint density at radius 3 is 1.24 bits per heavy atom. The molecule has 19 heteroatoms. The number of rotatable bonds is 50. The number of unbranched alkanes of at least 4 members (excludes halogenated alkanes) is 26. The Morgan fingerprint density at radius 2 is 0.779 bits per heavy atom. The predicted octanol–water partition coefficient (Wildman–Crippen LogP) is 7.99. The van der Waals surface area contributed by atoms with Crippen LogP contribution in [0.4, 0.5) is 0 Å². The third-order valence-electron chi connectivity index (χ3n) is 16.5. The number of carbonyl (C=O) groups excluding carboxylic acids is 1. The summed E-state index contributed by atoms with van der Waals surface area (Å²) >= 11 is 0. The van der Waals surface area contributed by atoms with Gasteiger partial charge in [0.2, 0.25) is 5.91 Å². The van der Waals surface area contributed by atoms with Crippen LogP contribution < -0.4 is 5.32 Å². The van der Waals surface area contributed by atoms with Gasteiger partial charge in [-0.15, -0.1) is 0 Å². The molecule has 3 aliphatic rings. The smallest absolute Gasteiger partial charge is 0.220 e. The molecule has 0 radical (unpaired) electrons. The Balaban J connectivity index is 1.47. The van der Waals surface area contributed by atoms with Crippen LogP contribution in [0.3, 0.4) is 0 Å². The van der Waals surface area contributed by atoms with Gasteiger partial charge in [0, 0.05) is 6.42 Å². The minimum Gasteiger partial charge on any atom is -0.394 e. The van der Waals surface area contributed by atoms with Crippen molar-refractivity contribution >= 4 is 5.91 Å². The van der Waals surface area contributed by atoms with E-state index >= 15 is 0 Å². The Hall–Kier alpha value is -2.51. The predicted molar refractivity (Wildman–Crippen MR) is 332 cm³/mol. The van der Waals surface area contributed by atoms with Gasteiger partial charge in [0.1, 0.15) is 73.2 Å². The maximum Gasteiger partial charge on any atom is 0.220 e. The van der Waals surface area contributed by atoms with Crippen LogP contribution in [0.25, 0.3) is 0 Å². The van der Waals surface area contributed by atoms with Gasteiger partial charge in [-0.2, -0.15) is 0 Å². The minimum atomic E-state index is -1.98. The van der Waals surface area contributed by atoms with Crippen molar-refractivity contribution < 1.29 is 89.4 Å². The quantitative estimate of drug-likeness (QED) is 0.0203. The summed E-state index contributed by atoms with van der Waals surface area (Å²) in [4.78, 5) is 13.4. The molecule has 17 atom stereocenters. The molecule has 0 aromatic rings. The first-order valence-corrected chi connectivity index (χ1v) is 33.5. The van der Waals surface area contributed by atoms with Gasteiger partial charge in [0.05, 0.1) is 38.6 Å². The molecular formula is C67H119NO18. The lowest BCUT2D eigenvalue weighted by Crippen LogP contribution is -2.66. The Labute approximate surface area is 515 Å². The molecule has 17 unspecified atom stereocenters. The standard InChI is InChI=1S/C67H119NO18/c1-3-5-7-9-11-13-15-17-19-21-23-24-25-26-27-29-31-33-35-37-39-41-43-45-55(73)68-50(51(72)44-42-40-38-36-34-32-30-28-22-20-18-16-14-12-10-8-6-4-2)49-81-65-61(79)58(76)63(53(47-70)83-65)86-67-62(80)59(77)64(54(48-71)84-67)85-66-60(78)57(75)56(74)52(46-69)82-66/h15,17,21,23,25-26,34,36,42,44,50-54,56-67,69-72,74-80H,3-14,16,18-20,22,24,27-33,35,37-41,43,45-49H2,1-2H3,(H,68,73)/b17-15-,23-21-,26-25-,36-34+,44-42+. The van der Waals surface area contributed by atoms with Gasteiger partial charge in [-0.1, -0.05) is 209 Å². The highest BCUT2D eigenvalue weighted by Gasteiger charge is 2.53. The first-order valence-electron chi connectivity index (χ1n) is 33.5. The normalized spacial score (nSPS) is 29.2. The second-order valence-electron chi connectivity index (χ2n) is 23.9. The Bertz CT molecular complexity index is 1800. The average molecular weight is 1230 g/mol. The van der Waals surface area contributed by atoms with E-state index in [0.717, 1.165) is 64.2 Å². The number of nitrogens with one attached hydrogen (secondary N) is 1. The summed E-state index contributed by atoms with van der Waals surface area (Å²) in [5.41, 5.74) is 0. The van der Waals surface area contributed by atoms with Crippen LogP contribution >= 0.6 is 0 Å². The zero-order chi connectivity index (χ0) is 62.6. The van der Waals surface area contributed by atoms with Crippen molar-refractivity contribution in [3.63, 3.8) is 0 Å². The lowest BCUT2D eigenvalue weighted by molar-refractivity contribution is -0.379. The van der Waals surface area contributed by atoms with Gasteiger partial charge >= 0.3 is 0 Å². The largest absolute Gasteiger partial charge is 0.394 e. The molecule has 3 fully saturated rings. The zero-order valence-corrected chi connectivity index (χ0v) is 52.5. The minimum absolute atomic E-state index is 0.225. The molecule has 0 aromatic carbocycles. The van der Waals surface area contributed by atoms with E-state index < -0.39 is 124 Å². The highest BCUT2D eigenvalue weighted by atomic mass is 16.8. The van der Waals surface area contributed by atoms with E-state index in [-0.39, 0.29) is 18.9 Å². The Kier molecular flexibility index (Phi) is 44.5. The maximum absolute atomic E-state index is 13.4. The number of ether oxygens (including phenoxy) is 6. The van der Waals surface area contributed by atoms with Crippen LogP contribution in [0.1, 0.15) is 226 Å². The number of aliphatic hydroxyl groups excluding tert-OH is 11. The summed E-state index contributed by atoms with van der Waals surface area (Å²) in [5.74, 6) is -0.294. The Morgan fingerprint density at radius 1 is 0.419 bits per heavy atom. The summed E-state index contributed by atoms with van der Waals surface area (Å²) in [6.45, 7) is 1.69. The van der Waals surface area contributed by atoms with E-state index in [2.05, 4.69) is 67.8 Å². The van der Waals surface area contributed by atoms with E-state index in [1.54, 1.807) is 6.08 Å².